The Labute approximate surface area is 132 Å². The molecule has 1 fully saturated rings. The molecule has 3 rings (SSSR count). The van der Waals surface area contributed by atoms with Crippen LogP contribution in [0.1, 0.15) is 30.4 Å². The summed E-state index contributed by atoms with van der Waals surface area (Å²) in [5.41, 5.74) is 4.42. The Bertz CT molecular complexity index is 649. The highest BCUT2D eigenvalue weighted by atomic mass is 15.1. The predicted molar refractivity (Wildman–Crippen MR) is 91.0 cm³/mol. The molecule has 1 saturated heterocycles. The molecular weight excluding hydrogens is 270 g/mol. The second-order valence-corrected chi connectivity index (χ2v) is 5.72. The van der Waals surface area contributed by atoms with Gasteiger partial charge in [-0.2, -0.15) is 5.26 Å². The lowest BCUT2D eigenvalue weighted by Crippen LogP contribution is -2.30. The summed E-state index contributed by atoms with van der Waals surface area (Å²) in [6.07, 6.45) is 3.93. The number of benzene rings is 2. The van der Waals surface area contributed by atoms with Gasteiger partial charge < -0.3 is 10.2 Å². The summed E-state index contributed by atoms with van der Waals surface area (Å²) in [4.78, 5) is 2.50. The third-order valence-electron chi connectivity index (χ3n) is 4.19. The normalized spacial score (nSPS) is 14.4. The fraction of sp³-hybridized carbons (Fsp3) is 0.316. The molecule has 1 heterocycles. The van der Waals surface area contributed by atoms with E-state index in [2.05, 4.69) is 40.6 Å². The second-order valence-electron chi connectivity index (χ2n) is 5.72. The number of nitrogens with zero attached hydrogens (tertiary/aromatic N) is 2. The van der Waals surface area contributed by atoms with Crippen molar-refractivity contribution in [2.45, 2.75) is 25.8 Å². The smallest absolute Gasteiger partial charge is 0.0991 e. The summed E-state index contributed by atoms with van der Waals surface area (Å²) in [5.74, 6) is 0. The van der Waals surface area contributed by atoms with Gasteiger partial charge in [0, 0.05) is 31.0 Å². The van der Waals surface area contributed by atoms with Crippen molar-refractivity contribution in [3.05, 3.63) is 59.7 Å². The highest BCUT2D eigenvalue weighted by Crippen LogP contribution is 2.25. The standard InChI is InChI=1S/C19H21N3/c20-14-16-8-10-18(11-9-16)21-15-17-6-2-3-7-19(17)22-12-4-1-5-13-22/h2-3,6-11,21H,1,4-5,12-13,15H2. The molecule has 1 aliphatic heterocycles. The van der Waals surface area contributed by atoms with Gasteiger partial charge in [-0.05, 0) is 55.2 Å². The molecule has 0 aliphatic carbocycles. The minimum Gasteiger partial charge on any atom is -0.381 e. The van der Waals surface area contributed by atoms with Crippen LogP contribution in [0.5, 0.6) is 0 Å². The van der Waals surface area contributed by atoms with Crippen LogP contribution in [0, 0.1) is 11.3 Å². The number of piperidine rings is 1. The molecule has 0 saturated carbocycles. The van der Waals surface area contributed by atoms with Crippen LogP contribution in [-0.4, -0.2) is 13.1 Å². The van der Waals surface area contributed by atoms with E-state index in [9.17, 15) is 0 Å². The van der Waals surface area contributed by atoms with E-state index in [1.165, 1.54) is 30.5 Å². The van der Waals surface area contributed by atoms with Crippen molar-refractivity contribution in [3.8, 4) is 6.07 Å². The van der Waals surface area contributed by atoms with Gasteiger partial charge in [0.1, 0.15) is 0 Å². The van der Waals surface area contributed by atoms with Gasteiger partial charge in [0.15, 0.2) is 0 Å². The Balaban J connectivity index is 1.70. The highest BCUT2D eigenvalue weighted by molar-refractivity contribution is 5.56. The van der Waals surface area contributed by atoms with Crippen molar-refractivity contribution in [2.24, 2.45) is 0 Å². The van der Waals surface area contributed by atoms with Crippen molar-refractivity contribution >= 4 is 11.4 Å². The Hall–Kier alpha value is -2.47. The van der Waals surface area contributed by atoms with Crippen molar-refractivity contribution in [2.75, 3.05) is 23.3 Å². The highest BCUT2D eigenvalue weighted by Gasteiger charge is 2.13. The molecule has 1 N–H and O–H groups in total. The lowest BCUT2D eigenvalue weighted by Gasteiger charge is -2.30. The molecule has 0 spiro atoms. The van der Waals surface area contributed by atoms with Crippen LogP contribution >= 0.6 is 0 Å². The van der Waals surface area contributed by atoms with Gasteiger partial charge in [-0.15, -0.1) is 0 Å². The molecule has 0 radical (unpaired) electrons. The molecular formula is C19H21N3. The maximum absolute atomic E-state index is 8.84. The molecule has 3 heteroatoms. The topological polar surface area (TPSA) is 39.1 Å². The van der Waals surface area contributed by atoms with Gasteiger partial charge >= 0.3 is 0 Å². The predicted octanol–water partition coefficient (Wildman–Crippen LogP) is 4.16. The first-order valence-electron chi connectivity index (χ1n) is 7.94. The van der Waals surface area contributed by atoms with E-state index in [-0.39, 0.29) is 0 Å². The zero-order valence-electron chi connectivity index (χ0n) is 12.8. The molecule has 1 aliphatic rings. The first-order chi connectivity index (χ1) is 10.9. The maximum atomic E-state index is 8.84. The molecule has 3 nitrogen and oxygen atoms in total. The number of rotatable bonds is 4. The molecule has 0 atom stereocenters. The summed E-state index contributed by atoms with van der Waals surface area (Å²) >= 11 is 0. The Morgan fingerprint density at radius 3 is 2.41 bits per heavy atom. The van der Waals surface area contributed by atoms with E-state index < -0.39 is 0 Å². The lowest BCUT2D eigenvalue weighted by molar-refractivity contribution is 0.576. The molecule has 0 aromatic heterocycles. The Kier molecular flexibility index (Phi) is 4.60. The number of hydrogen-bond acceptors (Lipinski definition) is 3. The monoisotopic (exact) mass is 291 g/mol. The molecule has 0 amide bonds. The van der Waals surface area contributed by atoms with Crippen molar-refractivity contribution in [1.29, 1.82) is 5.26 Å². The van der Waals surface area contributed by atoms with Crippen LogP contribution in [0.4, 0.5) is 11.4 Å². The second kappa shape index (κ2) is 7.00. The van der Waals surface area contributed by atoms with E-state index in [0.717, 1.165) is 25.3 Å². The third-order valence-corrected chi connectivity index (χ3v) is 4.19. The average Bonchev–Trinajstić information content (AvgIpc) is 2.61. The van der Waals surface area contributed by atoms with Crippen LogP contribution in [0.25, 0.3) is 0 Å². The van der Waals surface area contributed by atoms with Gasteiger partial charge in [0.25, 0.3) is 0 Å². The maximum Gasteiger partial charge on any atom is 0.0991 e. The largest absolute Gasteiger partial charge is 0.381 e. The quantitative estimate of drug-likeness (QED) is 0.919. The Morgan fingerprint density at radius 1 is 0.955 bits per heavy atom. The van der Waals surface area contributed by atoms with Gasteiger partial charge in [-0.3, -0.25) is 0 Å². The van der Waals surface area contributed by atoms with Crippen LogP contribution in [0.2, 0.25) is 0 Å². The molecule has 112 valence electrons. The van der Waals surface area contributed by atoms with Gasteiger partial charge in [-0.1, -0.05) is 18.2 Å². The Morgan fingerprint density at radius 2 is 1.68 bits per heavy atom. The molecule has 2 aromatic rings. The zero-order chi connectivity index (χ0) is 15.2. The van der Waals surface area contributed by atoms with Gasteiger partial charge in [-0.25, -0.2) is 0 Å². The van der Waals surface area contributed by atoms with Crippen molar-refractivity contribution in [1.82, 2.24) is 0 Å². The van der Waals surface area contributed by atoms with E-state index >= 15 is 0 Å². The number of nitriles is 1. The molecule has 22 heavy (non-hydrogen) atoms. The van der Waals surface area contributed by atoms with E-state index in [1.54, 1.807) is 0 Å². The van der Waals surface area contributed by atoms with Crippen LogP contribution in [0.3, 0.4) is 0 Å². The minimum absolute atomic E-state index is 0.694. The van der Waals surface area contributed by atoms with Gasteiger partial charge in [0.05, 0.1) is 11.6 Å². The summed E-state index contributed by atoms with van der Waals surface area (Å²) in [5, 5.41) is 12.3. The number of anilines is 2. The van der Waals surface area contributed by atoms with Crippen LogP contribution in [-0.2, 0) is 6.54 Å². The number of nitrogens with one attached hydrogen (secondary N) is 1. The molecule has 2 aromatic carbocycles. The van der Waals surface area contributed by atoms with E-state index in [4.69, 9.17) is 5.26 Å². The van der Waals surface area contributed by atoms with Gasteiger partial charge in [0.2, 0.25) is 0 Å². The minimum atomic E-state index is 0.694. The number of hydrogen-bond donors (Lipinski definition) is 1. The van der Waals surface area contributed by atoms with E-state index in [1.807, 2.05) is 24.3 Å². The zero-order valence-corrected chi connectivity index (χ0v) is 12.8. The lowest BCUT2D eigenvalue weighted by atomic mass is 10.1. The third kappa shape index (κ3) is 3.40. The fourth-order valence-electron chi connectivity index (χ4n) is 2.96. The van der Waals surface area contributed by atoms with Crippen molar-refractivity contribution in [3.63, 3.8) is 0 Å². The molecule has 0 bridgehead atoms. The summed E-state index contributed by atoms with van der Waals surface area (Å²) < 4.78 is 0. The van der Waals surface area contributed by atoms with Crippen LogP contribution in [0.15, 0.2) is 48.5 Å². The first kappa shape index (κ1) is 14.5. The summed E-state index contributed by atoms with van der Waals surface area (Å²) in [7, 11) is 0. The fourth-order valence-corrected chi connectivity index (χ4v) is 2.96. The number of para-hydroxylation sites is 1. The average molecular weight is 291 g/mol. The van der Waals surface area contributed by atoms with E-state index in [0.29, 0.717) is 5.56 Å². The summed E-state index contributed by atoms with van der Waals surface area (Å²) in [6, 6.07) is 18.4. The molecule has 0 unspecified atom stereocenters. The SMILES string of the molecule is N#Cc1ccc(NCc2ccccc2N2CCCCC2)cc1. The van der Waals surface area contributed by atoms with Crippen molar-refractivity contribution < 1.29 is 0 Å². The van der Waals surface area contributed by atoms with Crippen LogP contribution < -0.4 is 10.2 Å². The first-order valence-corrected chi connectivity index (χ1v) is 7.94. The summed E-state index contributed by atoms with van der Waals surface area (Å²) in [6.45, 7) is 3.13.